The van der Waals surface area contributed by atoms with E-state index in [9.17, 15) is 0 Å². The highest BCUT2D eigenvalue weighted by atomic mass is 15.0. The molecule has 1 aromatic heterocycles. The van der Waals surface area contributed by atoms with Gasteiger partial charge in [0.25, 0.3) is 0 Å². The van der Waals surface area contributed by atoms with Crippen LogP contribution in [0, 0.1) is 12.8 Å². The van der Waals surface area contributed by atoms with Gasteiger partial charge in [0.15, 0.2) is 0 Å². The first-order valence-electron chi connectivity index (χ1n) is 4.96. The van der Waals surface area contributed by atoms with Crippen LogP contribution in [0.3, 0.4) is 0 Å². The standard InChI is InChI=1S/C10H16N4/c1-5(2)8-9-7(4-12-8)10(11)14-6(3)13-9/h5,8,12H,4H2,1-3H3,(H2,11,13,14). The molecule has 2 heterocycles. The van der Waals surface area contributed by atoms with Crippen molar-refractivity contribution in [3.63, 3.8) is 0 Å². The lowest BCUT2D eigenvalue weighted by atomic mass is 10.0. The van der Waals surface area contributed by atoms with Gasteiger partial charge in [-0.25, -0.2) is 9.97 Å². The van der Waals surface area contributed by atoms with Crippen molar-refractivity contribution < 1.29 is 0 Å². The maximum absolute atomic E-state index is 5.84. The van der Waals surface area contributed by atoms with Crippen LogP contribution >= 0.6 is 0 Å². The van der Waals surface area contributed by atoms with E-state index in [0.717, 1.165) is 23.6 Å². The molecule has 1 aromatic rings. The number of nitrogens with one attached hydrogen (secondary N) is 1. The zero-order valence-electron chi connectivity index (χ0n) is 8.83. The Kier molecular flexibility index (Phi) is 2.15. The van der Waals surface area contributed by atoms with Crippen molar-refractivity contribution in [2.24, 2.45) is 5.92 Å². The molecule has 1 atom stereocenters. The van der Waals surface area contributed by atoms with Gasteiger partial charge in [-0.2, -0.15) is 0 Å². The zero-order chi connectivity index (χ0) is 10.3. The third-order valence-electron chi connectivity index (χ3n) is 2.64. The minimum atomic E-state index is 0.328. The molecule has 0 saturated carbocycles. The molecule has 3 N–H and O–H groups in total. The largest absolute Gasteiger partial charge is 0.383 e. The van der Waals surface area contributed by atoms with Crippen molar-refractivity contribution in [2.75, 3.05) is 5.73 Å². The molecule has 14 heavy (non-hydrogen) atoms. The van der Waals surface area contributed by atoms with Crippen molar-refractivity contribution in [3.8, 4) is 0 Å². The number of nitrogen functional groups attached to an aromatic ring is 1. The third-order valence-corrected chi connectivity index (χ3v) is 2.64. The highest BCUT2D eigenvalue weighted by molar-refractivity contribution is 5.45. The number of hydrogen-bond donors (Lipinski definition) is 2. The van der Waals surface area contributed by atoms with Gasteiger partial charge in [0.05, 0.1) is 11.7 Å². The summed E-state index contributed by atoms with van der Waals surface area (Å²) in [4.78, 5) is 8.63. The minimum Gasteiger partial charge on any atom is -0.383 e. The molecular formula is C10H16N4. The second kappa shape index (κ2) is 3.20. The van der Waals surface area contributed by atoms with E-state index in [0.29, 0.717) is 17.8 Å². The fourth-order valence-electron chi connectivity index (χ4n) is 1.94. The average molecular weight is 192 g/mol. The lowest BCUT2D eigenvalue weighted by molar-refractivity contribution is 0.434. The highest BCUT2D eigenvalue weighted by Crippen LogP contribution is 2.31. The van der Waals surface area contributed by atoms with Gasteiger partial charge in [-0.05, 0) is 12.8 Å². The van der Waals surface area contributed by atoms with E-state index in [2.05, 4.69) is 29.1 Å². The van der Waals surface area contributed by atoms with E-state index in [4.69, 9.17) is 5.73 Å². The number of fused-ring (bicyclic) bond motifs is 1. The number of aryl methyl sites for hydroxylation is 1. The quantitative estimate of drug-likeness (QED) is 0.701. The van der Waals surface area contributed by atoms with Crippen molar-refractivity contribution >= 4 is 5.82 Å². The summed E-state index contributed by atoms with van der Waals surface area (Å²) in [6, 6.07) is 0.328. The molecule has 76 valence electrons. The predicted octanol–water partition coefficient (Wildman–Crippen LogP) is 1.17. The van der Waals surface area contributed by atoms with Crippen LogP contribution in [0.25, 0.3) is 0 Å². The third kappa shape index (κ3) is 1.35. The molecule has 0 fully saturated rings. The van der Waals surface area contributed by atoms with Crippen molar-refractivity contribution in [1.82, 2.24) is 15.3 Å². The van der Waals surface area contributed by atoms with E-state index in [1.807, 2.05) is 6.92 Å². The van der Waals surface area contributed by atoms with Crippen LogP contribution in [0.1, 0.15) is 37.0 Å². The predicted molar refractivity (Wildman–Crippen MR) is 55.6 cm³/mol. The summed E-state index contributed by atoms with van der Waals surface area (Å²) >= 11 is 0. The van der Waals surface area contributed by atoms with Crippen LogP contribution in [0.5, 0.6) is 0 Å². The first-order chi connectivity index (χ1) is 6.59. The summed E-state index contributed by atoms with van der Waals surface area (Å²) in [6.45, 7) is 7.04. The van der Waals surface area contributed by atoms with Crippen molar-refractivity contribution in [3.05, 3.63) is 17.1 Å². The Morgan fingerprint density at radius 2 is 2.14 bits per heavy atom. The van der Waals surface area contributed by atoms with Crippen molar-refractivity contribution in [1.29, 1.82) is 0 Å². The van der Waals surface area contributed by atoms with Gasteiger partial charge >= 0.3 is 0 Å². The molecule has 4 heteroatoms. The Hall–Kier alpha value is -1.16. The first kappa shape index (κ1) is 9.40. The minimum absolute atomic E-state index is 0.328. The number of hydrogen-bond acceptors (Lipinski definition) is 4. The second-order valence-electron chi connectivity index (χ2n) is 4.12. The van der Waals surface area contributed by atoms with Gasteiger partial charge in [0, 0.05) is 12.1 Å². The van der Waals surface area contributed by atoms with Gasteiger partial charge in [0.1, 0.15) is 11.6 Å². The van der Waals surface area contributed by atoms with E-state index >= 15 is 0 Å². The van der Waals surface area contributed by atoms with Gasteiger partial charge in [-0.15, -0.1) is 0 Å². The lowest BCUT2D eigenvalue weighted by Gasteiger charge is -2.15. The molecule has 0 aromatic carbocycles. The summed E-state index contributed by atoms with van der Waals surface area (Å²) < 4.78 is 0. The Balaban J connectivity index is 2.49. The van der Waals surface area contributed by atoms with Gasteiger partial charge in [-0.1, -0.05) is 13.8 Å². The Bertz CT molecular complexity index is 359. The molecule has 0 radical (unpaired) electrons. The summed E-state index contributed by atoms with van der Waals surface area (Å²) in [6.07, 6.45) is 0. The fourth-order valence-corrected chi connectivity index (χ4v) is 1.94. The van der Waals surface area contributed by atoms with E-state index in [-0.39, 0.29) is 0 Å². The topological polar surface area (TPSA) is 63.8 Å². The summed E-state index contributed by atoms with van der Waals surface area (Å²) in [7, 11) is 0. The molecule has 1 aliphatic rings. The maximum atomic E-state index is 5.84. The molecule has 2 rings (SSSR count). The average Bonchev–Trinajstić information content (AvgIpc) is 2.47. The first-order valence-corrected chi connectivity index (χ1v) is 4.96. The number of nitrogens with zero attached hydrogens (tertiary/aromatic N) is 2. The maximum Gasteiger partial charge on any atom is 0.131 e. The van der Waals surface area contributed by atoms with Gasteiger partial charge in [-0.3, -0.25) is 0 Å². The highest BCUT2D eigenvalue weighted by Gasteiger charge is 2.28. The number of anilines is 1. The van der Waals surface area contributed by atoms with Crippen LogP contribution < -0.4 is 11.1 Å². The monoisotopic (exact) mass is 192 g/mol. The van der Waals surface area contributed by atoms with Gasteiger partial charge < -0.3 is 11.1 Å². The Morgan fingerprint density at radius 3 is 2.79 bits per heavy atom. The molecule has 0 amide bonds. The van der Waals surface area contributed by atoms with E-state index < -0.39 is 0 Å². The molecule has 0 aliphatic carbocycles. The molecule has 1 aliphatic heterocycles. The lowest BCUT2D eigenvalue weighted by Crippen LogP contribution is -2.18. The summed E-state index contributed by atoms with van der Waals surface area (Å²) in [5.74, 6) is 1.92. The van der Waals surface area contributed by atoms with Crippen molar-refractivity contribution in [2.45, 2.75) is 33.4 Å². The number of aromatic nitrogens is 2. The second-order valence-corrected chi connectivity index (χ2v) is 4.12. The molecular weight excluding hydrogens is 176 g/mol. The normalized spacial score (nSPS) is 20.1. The number of nitrogens with two attached hydrogens (primary N) is 1. The summed E-state index contributed by atoms with van der Waals surface area (Å²) in [5.41, 5.74) is 8.01. The SMILES string of the molecule is Cc1nc(N)c2c(n1)C(C(C)C)NC2. The van der Waals surface area contributed by atoms with Crippen LogP contribution in [-0.4, -0.2) is 9.97 Å². The Morgan fingerprint density at radius 1 is 1.43 bits per heavy atom. The van der Waals surface area contributed by atoms with Crippen LogP contribution in [-0.2, 0) is 6.54 Å². The molecule has 4 nitrogen and oxygen atoms in total. The molecule has 0 saturated heterocycles. The van der Waals surface area contributed by atoms with Crippen LogP contribution in [0.15, 0.2) is 0 Å². The van der Waals surface area contributed by atoms with E-state index in [1.54, 1.807) is 0 Å². The molecule has 1 unspecified atom stereocenters. The van der Waals surface area contributed by atoms with Gasteiger partial charge in [0.2, 0.25) is 0 Å². The van der Waals surface area contributed by atoms with Crippen LogP contribution in [0.4, 0.5) is 5.82 Å². The number of rotatable bonds is 1. The Labute approximate surface area is 83.9 Å². The molecule has 0 spiro atoms. The van der Waals surface area contributed by atoms with Crippen LogP contribution in [0.2, 0.25) is 0 Å². The smallest absolute Gasteiger partial charge is 0.131 e. The van der Waals surface area contributed by atoms with E-state index in [1.165, 1.54) is 0 Å². The summed E-state index contributed by atoms with van der Waals surface area (Å²) in [5, 5.41) is 3.41. The zero-order valence-corrected chi connectivity index (χ0v) is 8.83. The molecule has 0 bridgehead atoms. The fraction of sp³-hybridized carbons (Fsp3) is 0.600.